The lowest BCUT2D eigenvalue weighted by Crippen LogP contribution is -2.11. The van der Waals surface area contributed by atoms with E-state index in [4.69, 9.17) is 19.3 Å². The highest BCUT2D eigenvalue weighted by atomic mass is 32.2. The van der Waals surface area contributed by atoms with E-state index in [1.807, 2.05) is 0 Å². The van der Waals surface area contributed by atoms with Gasteiger partial charge in [0, 0.05) is 41.1 Å². The van der Waals surface area contributed by atoms with Gasteiger partial charge in [0.1, 0.15) is 0 Å². The smallest absolute Gasteiger partial charge is 0.396 e. The molecule has 120 valence electrons. The van der Waals surface area contributed by atoms with Crippen molar-refractivity contribution in [3.8, 4) is 0 Å². The predicted octanol–water partition coefficient (Wildman–Crippen LogP) is 2.21. The maximum Gasteiger partial charge on any atom is 0.699 e. The third kappa shape index (κ3) is 11.2. The number of hydrogen-bond acceptors (Lipinski definition) is 7. The van der Waals surface area contributed by atoms with Crippen LogP contribution in [0.5, 0.6) is 0 Å². The molecule has 0 radical (unpaired) electrons. The molecule has 0 spiro atoms. The van der Waals surface area contributed by atoms with Gasteiger partial charge in [-0.05, 0) is 0 Å². The number of aliphatic hydroxyl groups is 2. The van der Waals surface area contributed by atoms with Gasteiger partial charge in [0.05, 0.1) is 13.3 Å². The molecular formula is C10H20F2O5PS2+. The van der Waals surface area contributed by atoms with E-state index in [9.17, 15) is 13.3 Å². The minimum absolute atomic E-state index is 0.0834. The first kappa shape index (κ1) is 20.5. The van der Waals surface area contributed by atoms with Gasteiger partial charge in [0.2, 0.25) is 0 Å². The fraction of sp³-hybridized carbons (Fsp3) is 1.00. The minimum atomic E-state index is -2.26. The van der Waals surface area contributed by atoms with Crippen LogP contribution >= 0.6 is 31.8 Å². The Morgan fingerprint density at radius 3 is 1.65 bits per heavy atom. The predicted molar refractivity (Wildman–Crippen MR) is 77.5 cm³/mol. The number of aliphatic hydroxyl groups excluding tert-OH is 2. The van der Waals surface area contributed by atoms with Crippen molar-refractivity contribution in [1.29, 1.82) is 0 Å². The summed E-state index contributed by atoms with van der Waals surface area (Å²) in [5, 5.41) is 17.5. The molecule has 0 aromatic heterocycles. The van der Waals surface area contributed by atoms with Gasteiger partial charge >= 0.3 is 8.25 Å². The number of hydrogen-bond donors (Lipinski definition) is 2. The molecule has 0 rings (SSSR count). The van der Waals surface area contributed by atoms with Crippen LogP contribution in [0.1, 0.15) is 0 Å². The molecule has 0 aliphatic carbocycles. The van der Waals surface area contributed by atoms with Crippen LogP contribution in [-0.2, 0) is 13.6 Å². The Balaban J connectivity index is 3.45. The van der Waals surface area contributed by atoms with Crippen LogP contribution in [-0.4, -0.2) is 60.2 Å². The third-order valence-corrected chi connectivity index (χ3v) is 5.16. The second kappa shape index (κ2) is 14.4. The summed E-state index contributed by atoms with van der Waals surface area (Å²) in [7, 11) is -2.26. The van der Waals surface area contributed by atoms with E-state index in [-0.39, 0.29) is 25.1 Å². The van der Waals surface area contributed by atoms with Crippen molar-refractivity contribution < 1.29 is 32.6 Å². The highest BCUT2D eigenvalue weighted by Crippen LogP contribution is 2.28. The first-order valence-corrected chi connectivity index (χ1v) is 9.30. The molecule has 2 unspecified atom stereocenters. The van der Waals surface area contributed by atoms with E-state index in [1.165, 1.54) is 23.5 Å². The summed E-state index contributed by atoms with van der Waals surface area (Å²) in [6.07, 6.45) is 0. The van der Waals surface area contributed by atoms with E-state index in [0.29, 0.717) is 11.5 Å². The highest BCUT2D eigenvalue weighted by Gasteiger charge is 2.21. The van der Waals surface area contributed by atoms with E-state index < -0.39 is 33.4 Å². The van der Waals surface area contributed by atoms with Crippen molar-refractivity contribution in [2.45, 2.75) is 0 Å². The van der Waals surface area contributed by atoms with Crippen LogP contribution in [0.2, 0.25) is 0 Å². The lowest BCUT2D eigenvalue weighted by molar-refractivity contribution is 0.212. The van der Waals surface area contributed by atoms with Crippen molar-refractivity contribution in [2.24, 2.45) is 11.8 Å². The molecule has 0 heterocycles. The molecule has 2 atom stereocenters. The number of halogens is 2. The first-order valence-electron chi connectivity index (χ1n) is 5.90. The molecule has 20 heavy (non-hydrogen) atoms. The summed E-state index contributed by atoms with van der Waals surface area (Å²) in [5.41, 5.74) is 0. The van der Waals surface area contributed by atoms with Crippen LogP contribution in [0.15, 0.2) is 0 Å². The van der Waals surface area contributed by atoms with Gasteiger partial charge in [-0.2, -0.15) is 0 Å². The van der Waals surface area contributed by atoms with E-state index in [2.05, 4.69) is 0 Å². The molecule has 0 aliphatic heterocycles. The van der Waals surface area contributed by atoms with Gasteiger partial charge in [-0.3, -0.25) is 8.78 Å². The van der Waals surface area contributed by atoms with Gasteiger partial charge in [-0.1, -0.05) is 0 Å². The molecule has 0 saturated heterocycles. The number of alkyl halides is 2. The fourth-order valence-electron chi connectivity index (χ4n) is 0.920. The summed E-state index contributed by atoms with van der Waals surface area (Å²) in [4.78, 5) is 0. The zero-order chi connectivity index (χ0) is 15.2. The SMILES string of the molecule is O=[P+](OCSCC(CO)CF)OCSCC(CO)CF. The summed E-state index contributed by atoms with van der Waals surface area (Å²) in [6, 6.07) is 0. The second-order valence-electron chi connectivity index (χ2n) is 3.86. The maximum absolute atomic E-state index is 12.2. The van der Waals surface area contributed by atoms with Crippen LogP contribution in [0.3, 0.4) is 0 Å². The lowest BCUT2D eigenvalue weighted by Gasteiger charge is -2.07. The Bertz CT molecular complexity index is 224. The maximum atomic E-state index is 12.2. The fourth-order valence-corrected chi connectivity index (χ4v) is 3.53. The van der Waals surface area contributed by atoms with Crippen LogP contribution in [0, 0.1) is 11.8 Å². The molecule has 0 amide bonds. The van der Waals surface area contributed by atoms with Crippen molar-refractivity contribution in [1.82, 2.24) is 0 Å². The normalized spacial score (nSPS) is 15.1. The van der Waals surface area contributed by atoms with E-state index in [1.54, 1.807) is 0 Å². The van der Waals surface area contributed by atoms with Gasteiger partial charge < -0.3 is 10.2 Å². The van der Waals surface area contributed by atoms with Crippen LogP contribution in [0.4, 0.5) is 8.78 Å². The molecule has 5 nitrogen and oxygen atoms in total. The van der Waals surface area contributed by atoms with Crippen molar-refractivity contribution >= 4 is 31.8 Å². The minimum Gasteiger partial charge on any atom is -0.396 e. The number of rotatable bonds is 14. The summed E-state index contributed by atoms with van der Waals surface area (Å²) < 4.78 is 45.4. The molecular weight excluding hydrogens is 333 g/mol. The Hall–Kier alpha value is 0.500. The van der Waals surface area contributed by atoms with Crippen molar-refractivity contribution in [3.63, 3.8) is 0 Å². The zero-order valence-corrected chi connectivity index (χ0v) is 13.5. The Kier molecular flexibility index (Phi) is 14.8. The molecule has 0 saturated carbocycles. The summed E-state index contributed by atoms with van der Waals surface area (Å²) >= 11 is 2.43. The standard InChI is InChI=1S/C10H20F2O5PS2/c11-1-9(3-13)5-19-7-16-18(15)17-8-20-6-10(2-12)4-14/h9-10,13-14H,1-8H2/q+1. The second-order valence-corrected chi connectivity index (χ2v) is 6.78. The third-order valence-electron chi connectivity index (χ3n) is 2.14. The van der Waals surface area contributed by atoms with E-state index >= 15 is 0 Å². The monoisotopic (exact) mass is 353 g/mol. The van der Waals surface area contributed by atoms with Crippen LogP contribution in [0.25, 0.3) is 0 Å². The quantitative estimate of drug-likeness (QED) is 0.282. The molecule has 0 aromatic carbocycles. The largest absolute Gasteiger partial charge is 0.699 e. The summed E-state index contributed by atoms with van der Waals surface area (Å²) in [5.74, 6) is 0.0440. The number of thioether (sulfide) groups is 2. The van der Waals surface area contributed by atoms with E-state index in [0.717, 1.165) is 0 Å². The van der Waals surface area contributed by atoms with Gasteiger partial charge in [0.25, 0.3) is 0 Å². The topological polar surface area (TPSA) is 76.0 Å². The van der Waals surface area contributed by atoms with Gasteiger partial charge in [-0.15, -0.1) is 32.6 Å². The summed E-state index contributed by atoms with van der Waals surface area (Å²) in [6.45, 7) is -1.68. The molecule has 0 bridgehead atoms. The van der Waals surface area contributed by atoms with Crippen molar-refractivity contribution in [3.05, 3.63) is 0 Å². The first-order chi connectivity index (χ1) is 9.67. The zero-order valence-electron chi connectivity index (χ0n) is 11.0. The molecule has 0 aliphatic rings. The molecule has 2 N–H and O–H groups in total. The van der Waals surface area contributed by atoms with Gasteiger partial charge in [0.15, 0.2) is 11.9 Å². The lowest BCUT2D eigenvalue weighted by atomic mass is 10.2. The Morgan fingerprint density at radius 1 is 0.950 bits per heavy atom. The molecule has 0 aromatic rings. The van der Waals surface area contributed by atoms with Crippen molar-refractivity contribution in [2.75, 3.05) is 49.9 Å². The Labute approximate surface area is 126 Å². The molecule has 0 fully saturated rings. The van der Waals surface area contributed by atoms with Gasteiger partial charge in [-0.25, -0.2) is 0 Å². The molecule has 10 heteroatoms. The average Bonchev–Trinajstić information content (AvgIpc) is 2.47. The highest BCUT2D eigenvalue weighted by molar-refractivity contribution is 7.99. The average molecular weight is 353 g/mol. The Morgan fingerprint density at radius 2 is 1.35 bits per heavy atom. The van der Waals surface area contributed by atoms with Crippen LogP contribution < -0.4 is 0 Å².